The zero-order valence-electron chi connectivity index (χ0n) is 9.42. The highest BCUT2D eigenvalue weighted by molar-refractivity contribution is 6.31. The fourth-order valence-electron chi connectivity index (χ4n) is 1.28. The van der Waals surface area contributed by atoms with Crippen molar-refractivity contribution in [1.82, 2.24) is 0 Å². The Morgan fingerprint density at radius 3 is 2.72 bits per heavy atom. The summed E-state index contributed by atoms with van der Waals surface area (Å²) >= 11 is 5.81. The van der Waals surface area contributed by atoms with Crippen molar-refractivity contribution >= 4 is 23.3 Å². The highest BCUT2D eigenvalue weighted by Crippen LogP contribution is 2.31. The van der Waals surface area contributed by atoms with Crippen molar-refractivity contribution in [2.75, 3.05) is 7.11 Å². The standard InChI is InChI=1S/C11H10ClNO5/c1-6(11(15)18-2)10(14)8-5-7(13(16)17)3-4-9(8)12/h3-5,10,14H,1H2,2H3. The smallest absolute Gasteiger partial charge is 0.336 e. The van der Waals surface area contributed by atoms with Gasteiger partial charge in [0.2, 0.25) is 0 Å². The number of methoxy groups -OCH3 is 1. The Morgan fingerprint density at radius 1 is 1.61 bits per heavy atom. The maximum absolute atomic E-state index is 11.2. The van der Waals surface area contributed by atoms with E-state index in [2.05, 4.69) is 11.3 Å². The first kappa shape index (κ1) is 14.1. The number of carbonyl (C=O) groups excluding carboxylic acids is 1. The largest absolute Gasteiger partial charge is 0.466 e. The van der Waals surface area contributed by atoms with Gasteiger partial charge in [0.15, 0.2) is 0 Å². The number of aliphatic hydroxyl groups excluding tert-OH is 1. The molecule has 1 aromatic carbocycles. The van der Waals surface area contributed by atoms with E-state index < -0.39 is 17.0 Å². The Kier molecular flexibility index (Phi) is 4.41. The molecule has 0 saturated carbocycles. The van der Waals surface area contributed by atoms with Crippen molar-refractivity contribution in [3.05, 3.63) is 51.1 Å². The average molecular weight is 272 g/mol. The van der Waals surface area contributed by atoms with Crippen LogP contribution in [0.4, 0.5) is 5.69 Å². The van der Waals surface area contributed by atoms with E-state index in [1.165, 1.54) is 12.1 Å². The van der Waals surface area contributed by atoms with Gasteiger partial charge in [-0.3, -0.25) is 10.1 Å². The lowest BCUT2D eigenvalue weighted by Gasteiger charge is -2.13. The van der Waals surface area contributed by atoms with Gasteiger partial charge < -0.3 is 9.84 Å². The molecule has 0 spiro atoms. The van der Waals surface area contributed by atoms with Gasteiger partial charge in [-0.05, 0) is 6.07 Å². The van der Waals surface area contributed by atoms with Crippen LogP contribution in [0.3, 0.4) is 0 Å². The van der Waals surface area contributed by atoms with E-state index in [1.807, 2.05) is 0 Å². The van der Waals surface area contributed by atoms with Gasteiger partial charge in [-0.1, -0.05) is 18.2 Å². The summed E-state index contributed by atoms with van der Waals surface area (Å²) in [6.07, 6.45) is -1.45. The SMILES string of the molecule is C=C(C(=O)OC)C(O)c1cc([N+](=O)[O-])ccc1Cl. The summed E-state index contributed by atoms with van der Waals surface area (Å²) < 4.78 is 4.40. The van der Waals surface area contributed by atoms with Gasteiger partial charge in [-0.25, -0.2) is 4.79 Å². The molecule has 0 aliphatic rings. The first-order valence-corrected chi connectivity index (χ1v) is 5.15. The fourth-order valence-corrected chi connectivity index (χ4v) is 1.51. The number of esters is 1. The molecule has 1 unspecified atom stereocenters. The number of non-ortho nitro benzene ring substituents is 1. The molecule has 0 radical (unpaired) electrons. The van der Waals surface area contributed by atoms with Gasteiger partial charge in [0.05, 0.1) is 17.6 Å². The number of hydrogen-bond donors (Lipinski definition) is 1. The number of halogens is 1. The lowest BCUT2D eigenvalue weighted by molar-refractivity contribution is -0.385. The van der Waals surface area contributed by atoms with Crippen LogP contribution in [0.25, 0.3) is 0 Å². The van der Waals surface area contributed by atoms with Crippen LogP contribution in [0.2, 0.25) is 5.02 Å². The van der Waals surface area contributed by atoms with Crippen molar-refractivity contribution in [2.24, 2.45) is 0 Å². The summed E-state index contributed by atoms with van der Waals surface area (Å²) in [7, 11) is 1.13. The number of rotatable bonds is 4. The minimum atomic E-state index is -1.45. The average Bonchev–Trinajstić information content (AvgIpc) is 2.36. The number of benzene rings is 1. The Balaban J connectivity index is 3.16. The third kappa shape index (κ3) is 2.85. The number of ether oxygens (including phenoxy) is 1. The van der Waals surface area contributed by atoms with Crippen LogP contribution in [0, 0.1) is 10.1 Å². The van der Waals surface area contributed by atoms with E-state index >= 15 is 0 Å². The molecular formula is C11H10ClNO5. The van der Waals surface area contributed by atoms with E-state index in [0.717, 1.165) is 13.2 Å². The van der Waals surface area contributed by atoms with Gasteiger partial charge in [0, 0.05) is 22.7 Å². The van der Waals surface area contributed by atoms with Crippen LogP contribution < -0.4 is 0 Å². The highest BCUT2D eigenvalue weighted by atomic mass is 35.5. The van der Waals surface area contributed by atoms with Gasteiger partial charge in [0.1, 0.15) is 6.10 Å². The van der Waals surface area contributed by atoms with Crippen molar-refractivity contribution in [3.63, 3.8) is 0 Å². The van der Waals surface area contributed by atoms with Crippen LogP contribution in [-0.4, -0.2) is 23.1 Å². The first-order valence-electron chi connectivity index (χ1n) is 4.77. The summed E-state index contributed by atoms with van der Waals surface area (Å²) in [5, 5.41) is 20.6. The van der Waals surface area contributed by atoms with E-state index in [-0.39, 0.29) is 21.8 Å². The molecule has 0 fully saturated rings. The van der Waals surface area contributed by atoms with Gasteiger partial charge >= 0.3 is 5.97 Å². The molecule has 6 nitrogen and oxygen atoms in total. The summed E-state index contributed by atoms with van der Waals surface area (Å²) in [5.41, 5.74) is -0.465. The number of nitrogens with zero attached hydrogens (tertiary/aromatic N) is 1. The minimum absolute atomic E-state index is 0.0290. The highest BCUT2D eigenvalue weighted by Gasteiger charge is 2.23. The molecule has 96 valence electrons. The Morgan fingerprint density at radius 2 is 2.22 bits per heavy atom. The molecule has 0 amide bonds. The van der Waals surface area contributed by atoms with E-state index in [0.29, 0.717) is 0 Å². The predicted octanol–water partition coefficient (Wildman–Crippen LogP) is 2.01. The summed E-state index contributed by atoms with van der Waals surface area (Å²) in [6.45, 7) is 3.36. The molecule has 7 heteroatoms. The quantitative estimate of drug-likeness (QED) is 0.391. The minimum Gasteiger partial charge on any atom is -0.466 e. The van der Waals surface area contributed by atoms with Gasteiger partial charge in [-0.15, -0.1) is 0 Å². The lowest BCUT2D eigenvalue weighted by atomic mass is 10.0. The van der Waals surface area contributed by atoms with Crippen LogP contribution in [0.5, 0.6) is 0 Å². The maximum Gasteiger partial charge on any atom is 0.336 e. The monoisotopic (exact) mass is 271 g/mol. The maximum atomic E-state index is 11.2. The molecule has 0 aromatic heterocycles. The van der Waals surface area contributed by atoms with E-state index in [4.69, 9.17) is 11.6 Å². The number of nitro benzene ring substituents is 1. The second-order valence-corrected chi connectivity index (χ2v) is 3.79. The molecule has 18 heavy (non-hydrogen) atoms. The van der Waals surface area contributed by atoms with Gasteiger partial charge in [-0.2, -0.15) is 0 Å². The lowest BCUT2D eigenvalue weighted by Crippen LogP contribution is -2.12. The molecule has 1 rings (SSSR count). The molecule has 0 saturated heterocycles. The number of aliphatic hydroxyl groups is 1. The molecule has 1 atom stereocenters. The first-order chi connectivity index (χ1) is 8.38. The topological polar surface area (TPSA) is 89.7 Å². The number of nitro groups is 1. The van der Waals surface area contributed by atoms with Gasteiger partial charge in [0.25, 0.3) is 5.69 Å². The molecule has 1 N–H and O–H groups in total. The molecule has 0 aliphatic carbocycles. The van der Waals surface area contributed by atoms with Crippen molar-refractivity contribution in [3.8, 4) is 0 Å². The summed E-state index contributed by atoms with van der Waals surface area (Å²) in [4.78, 5) is 21.2. The third-order valence-electron chi connectivity index (χ3n) is 2.26. The molecule has 0 heterocycles. The zero-order valence-corrected chi connectivity index (χ0v) is 10.2. The van der Waals surface area contributed by atoms with Crippen molar-refractivity contribution in [1.29, 1.82) is 0 Å². The van der Waals surface area contributed by atoms with E-state index in [9.17, 15) is 20.0 Å². The molecule has 0 bridgehead atoms. The third-order valence-corrected chi connectivity index (χ3v) is 2.61. The normalized spacial score (nSPS) is 11.7. The Hall–Kier alpha value is -1.92. The number of carbonyl (C=O) groups is 1. The van der Waals surface area contributed by atoms with E-state index in [1.54, 1.807) is 0 Å². The molecule has 0 aliphatic heterocycles. The Bertz CT molecular complexity index is 514. The zero-order chi connectivity index (χ0) is 13.9. The number of hydrogen-bond acceptors (Lipinski definition) is 5. The molecule has 1 aromatic rings. The predicted molar refractivity (Wildman–Crippen MR) is 64.2 cm³/mol. The Labute approximate surface area is 108 Å². The van der Waals surface area contributed by atoms with Crippen molar-refractivity contribution in [2.45, 2.75) is 6.10 Å². The second-order valence-electron chi connectivity index (χ2n) is 3.38. The fraction of sp³-hybridized carbons (Fsp3) is 0.182. The molecular weight excluding hydrogens is 262 g/mol. The van der Waals surface area contributed by atoms with Crippen LogP contribution in [0.15, 0.2) is 30.4 Å². The van der Waals surface area contributed by atoms with Crippen molar-refractivity contribution < 1.29 is 19.6 Å². The van der Waals surface area contributed by atoms with Crippen LogP contribution in [-0.2, 0) is 9.53 Å². The summed E-state index contributed by atoms with van der Waals surface area (Å²) in [6, 6.07) is 3.55. The second kappa shape index (κ2) is 5.61. The summed E-state index contributed by atoms with van der Waals surface area (Å²) in [5.74, 6) is -0.815. The van der Waals surface area contributed by atoms with Crippen LogP contribution >= 0.6 is 11.6 Å². The van der Waals surface area contributed by atoms with Crippen LogP contribution in [0.1, 0.15) is 11.7 Å².